The minimum atomic E-state index is -0.251. The van der Waals surface area contributed by atoms with E-state index in [4.69, 9.17) is 5.11 Å². The number of rotatable bonds is 6. The molecule has 94 valence electrons. The lowest BCUT2D eigenvalue weighted by Gasteiger charge is -2.14. The minimum absolute atomic E-state index is 0.212. The molecule has 1 unspecified atom stereocenters. The molecule has 0 bridgehead atoms. The molecule has 0 saturated carbocycles. The summed E-state index contributed by atoms with van der Waals surface area (Å²) in [5.74, 6) is -0.212. The van der Waals surface area contributed by atoms with Crippen molar-refractivity contribution in [3.8, 4) is 0 Å². The van der Waals surface area contributed by atoms with Crippen LogP contribution in [0.1, 0.15) is 18.9 Å². The van der Waals surface area contributed by atoms with E-state index in [2.05, 4.69) is 4.90 Å². The van der Waals surface area contributed by atoms with Crippen LogP contribution >= 0.6 is 0 Å². The monoisotopic (exact) mass is 237 g/mol. The number of benzene rings is 1. The first-order valence-electron chi connectivity index (χ1n) is 5.86. The highest BCUT2D eigenvalue weighted by molar-refractivity contribution is 5.48. The lowest BCUT2D eigenvalue weighted by molar-refractivity contribution is 0.167. The summed E-state index contributed by atoms with van der Waals surface area (Å²) in [6.45, 7) is 3.48. The van der Waals surface area contributed by atoms with E-state index >= 15 is 0 Å². The largest absolute Gasteiger partial charge is 0.393 e. The van der Waals surface area contributed by atoms with E-state index in [1.54, 1.807) is 19.1 Å². The van der Waals surface area contributed by atoms with Gasteiger partial charge in [0.1, 0.15) is 5.82 Å². The number of aliphatic hydroxyl groups excluding tert-OH is 1. The van der Waals surface area contributed by atoms with Crippen molar-refractivity contribution < 1.29 is 9.50 Å². The number of likely N-dealkylation sites (N-methyl/N-ethyl adjacent to an activating group) is 1. The maximum absolute atomic E-state index is 12.7. The van der Waals surface area contributed by atoms with Gasteiger partial charge in [-0.15, -0.1) is 0 Å². The van der Waals surface area contributed by atoms with Crippen LogP contribution < -0.4 is 0 Å². The number of aliphatic hydroxyl groups is 1. The smallest absolute Gasteiger partial charge is 0.123 e. The zero-order valence-electron chi connectivity index (χ0n) is 10.4. The van der Waals surface area contributed by atoms with Crippen LogP contribution in [0.15, 0.2) is 30.3 Å². The summed E-state index contributed by atoms with van der Waals surface area (Å²) in [5, 5.41) is 9.15. The standard InChI is InChI=1S/C14H20FNO/c1-12(17)9-11-16(2)10-3-4-13-5-7-14(15)8-6-13/h3-8,12,17H,9-11H2,1-2H3/b4-3+. The Morgan fingerprint density at radius 1 is 1.35 bits per heavy atom. The molecule has 2 nitrogen and oxygen atoms in total. The van der Waals surface area contributed by atoms with Crippen LogP contribution in [0.2, 0.25) is 0 Å². The molecule has 0 aliphatic carbocycles. The number of hydrogen-bond acceptors (Lipinski definition) is 2. The maximum Gasteiger partial charge on any atom is 0.123 e. The molecule has 0 heterocycles. The second kappa shape index (κ2) is 7.20. The molecule has 1 aromatic carbocycles. The van der Waals surface area contributed by atoms with E-state index in [0.717, 1.165) is 25.1 Å². The summed E-state index contributed by atoms with van der Waals surface area (Å²) in [7, 11) is 2.01. The molecule has 0 saturated heterocycles. The number of nitrogens with zero attached hydrogens (tertiary/aromatic N) is 1. The fraction of sp³-hybridized carbons (Fsp3) is 0.429. The third-order valence-corrected chi connectivity index (χ3v) is 2.53. The van der Waals surface area contributed by atoms with Gasteiger partial charge in [0, 0.05) is 13.1 Å². The molecule has 0 aromatic heterocycles. The zero-order chi connectivity index (χ0) is 12.7. The molecule has 1 aromatic rings. The van der Waals surface area contributed by atoms with E-state index in [0.29, 0.717) is 0 Å². The Kier molecular flexibility index (Phi) is 5.87. The molecule has 3 heteroatoms. The van der Waals surface area contributed by atoms with E-state index < -0.39 is 0 Å². The molecule has 1 atom stereocenters. The molecule has 1 rings (SSSR count). The van der Waals surface area contributed by atoms with Crippen molar-refractivity contribution in [1.82, 2.24) is 4.90 Å². The average Bonchev–Trinajstić information content (AvgIpc) is 2.29. The van der Waals surface area contributed by atoms with Crippen molar-refractivity contribution in [2.75, 3.05) is 20.1 Å². The van der Waals surface area contributed by atoms with Gasteiger partial charge in [0.2, 0.25) is 0 Å². The number of hydrogen-bond donors (Lipinski definition) is 1. The van der Waals surface area contributed by atoms with Gasteiger partial charge in [-0.1, -0.05) is 24.3 Å². The van der Waals surface area contributed by atoms with Gasteiger partial charge in [-0.3, -0.25) is 0 Å². The fourth-order valence-corrected chi connectivity index (χ4v) is 1.44. The van der Waals surface area contributed by atoms with Crippen LogP contribution in [0, 0.1) is 5.82 Å². The Morgan fingerprint density at radius 3 is 2.59 bits per heavy atom. The van der Waals surface area contributed by atoms with Crippen molar-refractivity contribution >= 4 is 6.08 Å². The van der Waals surface area contributed by atoms with Crippen LogP contribution in [-0.2, 0) is 0 Å². The highest BCUT2D eigenvalue weighted by Gasteiger charge is 1.99. The molecule has 17 heavy (non-hydrogen) atoms. The third kappa shape index (κ3) is 6.19. The Balaban J connectivity index is 2.32. The molecule has 0 radical (unpaired) electrons. The summed E-state index contributed by atoms with van der Waals surface area (Å²) in [4.78, 5) is 2.13. The predicted molar refractivity (Wildman–Crippen MR) is 69.2 cm³/mol. The van der Waals surface area contributed by atoms with Gasteiger partial charge in [-0.25, -0.2) is 4.39 Å². The SMILES string of the molecule is CC(O)CCN(C)C/C=C/c1ccc(F)cc1. The molecular formula is C14H20FNO. The van der Waals surface area contributed by atoms with Gasteiger partial charge >= 0.3 is 0 Å². The number of halogens is 1. The summed E-state index contributed by atoms with van der Waals surface area (Å²) in [5.41, 5.74) is 0.996. The van der Waals surface area contributed by atoms with E-state index in [9.17, 15) is 4.39 Å². The van der Waals surface area contributed by atoms with E-state index in [1.807, 2.05) is 19.2 Å². The molecule has 0 aliphatic heterocycles. The summed E-state index contributed by atoms with van der Waals surface area (Å²) < 4.78 is 12.7. The first kappa shape index (κ1) is 13.9. The normalized spacial score (nSPS) is 13.5. The first-order valence-corrected chi connectivity index (χ1v) is 5.86. The topological polar surface area (TPSA) is 23.5 Å². The van der Waals surface area contributed by atoms with E-state index in [1.165, 1.54) is 12.1 Å². The van der Waals surface area contributed by atoms with Gasteiger partial charge in [-0.05, 0) is 38.1 Å². The quantitative estimate of drug-likeness (QED) is 0.822. The lowest BCUT2D eigenvalue weighted by Crippen LogP contribution is -2.22. The molecule has 1 N–H and O–H groups in total. The van der Waals surface area contributed by atoms with Crippen LogP contribution in [0.4, 0.5) is 4.39 Å². The van der Waals surface area contributed by atoms with E-state index in [-0.39, 0.29) is 11.9 Å². The van der Waals surface area contributed by atoms with Crippen LogP contribution in [-0.4, -0.2) is 36.2 Å². The molecule has 0 amide bonds. The Hall–Kier alpha value is -1.19. The highest BCUT2D eigenvalue weighted by Crippen LogP contribution is 2.04. The molecule has 0 aliphatic rings. The fourth-order valence-electron chi connectivity index (χ4n) is 1.44. The Bertz CT molecular complexity index is 346. The third-order valence-electron chi connectivity index (χ3n) is 2.53. The predicted octanol–water partition coefficient (Wildman–Crippen LogP) is 2.54. The zero-order valence-corrected chi connectivity index (χ0v) is 10.4. The average molecular weight is 237 g/mol. The van der Waals surface area contributed by atoms with Gasteiger partial charge in [0.25, 0.3) is 0 Å². The minimum Gasteiger partial charge on any atom is -0.393 e. The van der Waals surface area contributed by atoms with Crippen molar-refractivity contribution in [2.24, 2.45) is 0 Å². The van der Waals surface area contributed by atoms with Crippen molar-refractivity contribution in [2.45, 2.75) is 19.4 Å². The van der Waals surface area contributed by atoms with Crippen molar-refractivity contribution in [1.29, 1.82) is 0 Å². The molecular weight excluding hydrogens is 217 g/mol. The second-order valence-corrected chi connectivity index (χ2v) is 4.35. The summed E-state index contributed by atoms with van der Waals surface area (Å²) in [6, 6.07) is 6.41. The first-order chi connectivity index (χ1) is 8.08. The van der Waals surface area contributed by atoms with Crippen LogP contribution in [0.3, 0.4) is 0 Å². The Labute approximate surface area is 102 Å². The Morgan fingerprint density at radius 2 is 2.00 bits per heavy atom. The van der Waals surface area contributed by atoms with Crippen molar-refractivity contribution in [3.05, 3.63) is 41.7 Å². The second-order valence-electron chi connectivity index (χ2n) is 4.35. The summed E-state index contributed by atoms with van der Waals surface area (Å²) >= 11 is 0. The van der Waals surface area contributed by atoms with Gasteiger partial charge in [0.05, 0.1) is 6.10 Å². The molecule has 0 fully saturated rings. The molecule has 0 spiro atoms. The van der Waals surface area contributed by atoms with Gasteiger partial charge < -0.3 is 10.0 Å². The maximum atomic E-state index is 12.7. The van der Waals surface area contributed by atoms with Crippen LogP contribution in [0.25, 0.3) is 6.08 Å². The lowest BCUT2D eigenvalue weighted by atomic mass is 10.2. The highest BCUT2D eigenvalue weighted by atomic mass is 19.1. The van der Waals surface area contributed by atoms with Crippen LogP contribution in [0.5, 0.6) is 0 Å². The van der Waals surface area contributed by atoms with Gasteiger partial charge in [-0.2, -0.15) is 0 Å². The van der Waals surface area contributed by atoms with Crippen molar-refractivity contribution in [3.63, 3.8) is 0 Å². The van der Waals surface area contributed by atoms with Gasteiger partial charge in [0.15, 0.2) is 0 Å². The summed E-state index contributed by atoms with van der Waals surface area (Å²) in [6.07, 6.45) is 4.53.